The lowest BCUT2D eigenvalue weighted by atomic mass is 10.1. The number of carbonyl (C=O) groups excluding carboxylic acids is 1. The minimum atomic E-state index is -3.35. The number of hydrogen-bond acceptors (Lipinski definition) is 3. The quantitative estimate of drug-likeness (QED) is 0.898. The van der Waals surface area contributed by atoms with Gasteiger partial charge in [0, 0.05) is 23.3 Å². The SMILES string of the molecule is Cc1ccc(Cl)cc1NC(=O)c1ccc(N(C)S(C)(=O)=O)c(C)c1. The van der Waals surface area contributed by atoms with E-state index in [9.17, 15) is 13.2 Å². The van der Waals surface area contributed by atoms with Gasteiger partial charge in [0.2, 0.25) is 10.0 Å². The van der Waals surface area contributed by atoms with Gasteiger partial charge in [-0.3, -0.25) is 9.10 Å². The van der Waals surface area contributed by atoms with Gasteiger partial charge in [-0.1, -0.05) is 17.7 Å². The van der Waals surface area contributed by atoms with Gasteiger partial charge in [-0.05, 0) is 55.3 Å². The highest BCUT2D eigenvalue weighted by atomic mass is 35.5. The summed E-state index contributed by atoms with van der Waals surface area (Å²) < 4.78 is 24.5. The molecule has 2 aromatic carbocycles. The molecule has 24 heavy (non-hydrogen) atoms. The van der Waals surface area contributed by atoms with Crippen molar-refractivity contribution in [2.24, 2.45) is 0 Å². The molecule has 0 saturated carbocycles. The summed E-state index contributed by atoms with van der Waals surface area (Å²) in [5.41, 5.74) is 3.21. The Kier molecular flexibility index (Phi) is 5.20. The number of nitrogens with one attached hydrogen (secondary N) is 1. The van der Waals surface area contributed by atoms with Crippen LogP contribution in [0, 0.1) is 13.8 Å². The molecule has 2 rings (SSSR count). The highest BCUT2D eigenvalue weighted by Gasteiger charge is 2.16. The normalized spacial score (nSPS) is 11.2. The zero-order valence-electron chi connectivity index (χ0n) is 13.9. The zero-order valence-corrected chi connectivity index (χ0v) is 15.5. The summed E-state index contributed by atoms with van der Waals surface area (Å²) in [5, 5.41) is 3.36. The molecule has 5 nitrogen and oxygen atoms in total. The summed E-state index contributed by atoms with van der Waals surface area (Å²) in [6.07, 6.45) is 1.13. The first-order valence-corrected chi connectivity index (χ1v) is 9.44. The number of halogens is 1. The third kappa shape index (κ3) is 4.07. The van der Waals surface area contributed by atoms with Crippen molar-refractivity contribution >= 4 is 38.9 Å². The predicted molar refractivity (Wildman–Crippen MR) is 98.6 cm³/mol. The average Bonchev–Trinajstić information content (AvgIpc) is 2.49. The minimum absolute atomic E-state index is 0.281. The molecule has 0 aliphatic rings. The highest BCUT2D eigenvalue weighted by molar-refractivity contribution is 7.92. The van der Waals surface area contributed by atoms with Crippen molar-refractivity contribution in [1.82, 2.24) is 0 Å². The van der Waals surface area contributed by atoms with Crippen LogP contribution in [0.5, 0.6) is 0 Å². The summed E-state index contributed by atoms with van der Waals surface area (Å²) in [6, 6.07) is 10.1. The van der Waals surface area contributed by atoms with E-state index in [2.05, 4.69) is 5.32 Å². The number of hydrogen-bond donors (Lipinski definition) is 1. The smallest absolute Gasteiger partial charge is 0.255 e. The molecule has 0 heterocycles. The number of rotatable bonds is 4. The second-order valence-electron chi connectivity index (χ2n) is 5.65. The molecule has 1 N–H and O–H groups in total. The van der Waals surface area contributed by atoms with Gasteiger partial charge in [-0.2, -0.15) is 0 Å². The van der Waals surface area contributed by atoms with Crippen LogP contribution >= 0.6 is 11.6 Å². The first kappa shape index (κ1) is 18.3. The fourth-order valence-corrected chi connectivity index (χ4v) is 2.99. The third-order valence-corrected chi connectivity index (χ3v) is 5.17. The van der Waals surface area contributed by atoms with Crippen molar-refractivity contribution in [2.45, 2.75) is 13.8 Å². The van der Waals surface area contributed by atoms with E-state index in [-0.39, 0.29) is 5.91 Å². The molecule has 0 saturated heterocycles. The van der Waals surface area contributed by atoms with Crippen LogP contribution in [0.2, 0.25) is 5.02 Å². The molecule has 0 aromatic heterocycles. The van der Waals surface area contributed by atoms with Gasteiger partial charge in [0.1, 0.15) is 0 Å². The van der Waals surface area contributed by atoms with Crippen molar-refractivity contribution in [3.05, 3.63) is 58.1 Å². The number of benzene rings is 2. The molecular weight excluding hydrogens is 348 g/mol. The van der Waals surface area contributed by atoms with Crippen LogP contribution in [-0.2, 0) is 10.0 Å². The lowest BCUT2D eigenvalue weighted by Crippen LogP contribution is -2.25. The minimum Gasteiger partial charge on any atom is -0.322 e. The van der Waals surface area contributed by atoms with Crippen molar-refractivity contribution in [3.63, 3.8) is 0 Å². The van der Waals surface area contributed by atoms with Crippen LogP contribution in [-0.4, -0.2) is 27.6 Å². The Morgan fingerprint density at radius 3 is 2.33 bits per heavy atom. The summed E-state index contributed by atoms with van der Waals surface area (Å²) in [7, 11) is -1.87. The molecule has 0 spiro atoms. The summed E-state index contributed by atoms with van der Waals surface area (Å²) in [5.74, 6) is -0.281. The van der Waals surface area contributed by atoms with E-state index in [1.165, 1.54) is 11.4 Å². The van der Waals surface area contributed by atoms with Crippen molar-refractivity contribution in [3.8, 4) is 0 Å². The molecule has 128 valence electrons. The second kappa shape index (κ2) is 6.83. The highest BCUT2D eigenvalue weighted by Crippen LogP contribution is 2.24. The van der Waals surface area contributed by atoms with Gasteiger partial charge >= 0.3 is 0 Å². The van der Waals surface area contributed by atoms with Gasteiger partial charge in [0.15, 0.2) is 0 Å². The molecule has 0 aliphatic carbocycles. The first-order chi connectivity index (χ1) is 11.1. The van der Waals surface area contributed by atoms with E-state index >= 15 is 0 Å². The number of anilines is 2. The van der Waals surface area contributed by atoms with E-state index in [4.69, 9.17) is 11.6 Å². The molecule has 7 heteroatoms. The first-order valence-electron chi connectivity index (χ1n) is 7.21. The van der Waals surface area contributed by atoms with Crippen LogP contribution in [0.15, 0.2) is 36.4 Å². The van der Waals surface area contributed by atoms with Crippen LogP contribution in [0.1, 0.15) is 21.5 Å². The van der Waals surface area contributed by atoms with Crippen LogP contribution < -0.4 is 9.62 Å². The molecular formula is C17H19ClN2O3S. The number of amides is 1. The predicted octanol–water partition coefficient (Wildman–Crippen LogP) is 3.60. The molecule has 0 radical (unpaired) electrons. The fraction of sp³-hybridized carbons (Fsp3) is 0.235. The summed E-state index contributed by atoms with van der Waals surface area (Å²) in [4.78, 5) is 12.4. The fourth-order valence-electron chi connectivity index (χ4n) is 2.25. The Balaban J connectivity index is 2.28. The summed E-state index contributed by atoms with van der Waals surface area (Å²) in [6.45, 7) is 3.64. The van der Waals surface area contributed by atoms with Crippen LogP contribution in [0.25, 0.3) is 0 Å². The van der Waals surface area contributed by atoms with Crippen molar-refractivity contribution < 1.29 is 13.2 Å². The van der Waals surface area contributed by atoms with Gasteiger partial charge in [0.05, 0.1) is 11.9 Å². The van der Waals surface area contributed by atoms with E-state index < -0.39 is 10.0 Å². The maximum atomic E-state index is 12.4. The lowest BCUT2D eigenvalue weighted by molar-refractivity contribution is 0.102. The molecule has 2 aromatic rings. The lowest BCUT2D eigenvalue weighted by Gasteiger charge is -2.19. The number of sulfonamides is 1. The van der Waals surface area contributed by atoms with Gasteiger partial charge in [0.25, 0.3) is 5.91 Å². The number of nitrogens with zero attached hydrogens (tertiary/aromatic N) is 1. The molecule has 0 atom stereocenters. The van der Waals surface area contributed by atoms with Crippen molar-refractivity contribution in [1.29, 1.82) is 0 Å². The topological polar surface area (TPSA) is 66.5 Å². The second-order valence-corrected chi connectivity index (χ2v) is 8.10. The maximum Gasteiger partial charge on any atom is 0.255 e. The Morgan fingerprint density at radius 2 is 1.75 bits per heavy atom. The Bertz CT molecular complexity index is 895. The van der Waals surface area contributed by atoms with E-state index in [0.29, 0.717) is 27.5 Å². The largest absolute Gasteiger partial charge is 0.322 e. The van der Waals surface area contributed by atoms with Gasteiger partial charge < -0.3 is 5.32 Å². The Morgan fingerprint density at radius 1 is 1.08 bits per heavy atom. The van der Waals surface area contributed by atoms with E-state index in [1.54, 1.807) is 37.3 Å². The standard InChI is InChI=1S/C17H19ClN2O3S/c1-11-5-7-14(18)10-15(11)19-17(21)13-6-8-16(12(2)9-13)20(3)24(4,22)23/h5-10H,1-4H3,(H,19,21). The molecule has 1 amide bonds. The monoisotopic (exact) mass is 366 g/mol. The van der Waals surface area contributed by atoms with Gasteiger partial charge in [-0.25, -0.2) is 8.42 Å². The third-order valence-electron chi connectivity index (χ3n) is 3.74. The van der Waals surface area contributed by atoms with E-state index in [1.807, 2.05) is 13.0 Å². The van der Waals surface area contributed by atoms with E-state index in [0.717, 1.165) is 11.8 Å². The molecule has 0 aliphatic heterocycles. The zero-order chi connectivity index (χ0) is 18.1. The Labute approximate surface area is 147 Å². The molecule has 0 unspecified atom stereocenters. The molecule has 0 bridgehead atoms. The number of aryl methyl sites for hydroxylation is 2. The average molecular weight is 367 g/mol. The number of carbonyl (C=O) groups is 1. The Hall–Kier alpha value is -2.05. The maximum absolute atomic E-state index is 12.4. The van der Waals surface area contributed by atoms with Crippen molar-refractivity contribution in [2.75, 3.05) is 22.9 Å². The van der Waals surface area contributed by atoms with Crippen LogP contribution in [0.4, 0.5) is 11.4 Å². The molecule has 0 fully saturated rings. The van der Waals surface area contributed by atoms with Crippen LogP contribution in [0.3, 0.4) is 0 Å². The summed E-state index contributed by atoms with van der Waals surface area (Å²) >= 11 is 5.96. The van der Waals surface area contributed by atoms with Gasteiger partial charge in [-0.15, -0.1) is 0 Å².